The van der Waals surface area contributed by atoms with Gasteiger partial charge in [0.25, 0.3) is 11.1 Å². The van der Waals surface area contributed by atoms with Crippen molar-refractivity contribution in [1.29, 1.82) is 0 Å². The number of nitrogens with zero attached hydrogens (tertiary/aromatic N) is 1. The molecule has 0 saturated carbocycles. The van der Waals surface area contributed by atoms with Crippen LogP contribution in [-0.2, 0) is 4.79 Å². The van der Waals surface area contributed by atoms with E-state index in [9.17, 15) is 14.4 Å². The van der Waals surface area contributed by atoms with Crippen LogP contribution < -0.4 is 18.9 Å². The summed E-state index contributed by atoms with van der Waals surface area (Å²) >= 11 is 13.1. The smallest absolute Gasteiger partial charge is 0.343 e. The van der Waals surface area contributed by atoms with Crippen molar-refractivity contribution < 1.29 is 33.3 Å². The van der Waals surface area contributed by atoms with Gasteiger partial charge >= 0.3 is 5.97 Å². The number of carbonyl (C=O) groups excluding carboxylic acids is 3. The van der Waals surface area contributed by atoms with Gasteiger partial charge in [-0.1, -0.05) is 35.3 Å². The maximum atomic E-state index is 13.0. The SMILES string of the molecule is CCOc1cc(/C=C2\SC(=O)N(CCOc3ccccc3OC)C2=O)cc(Cl)c1OC(=O)c1ccc(Cl)cc1. The normalized spacial score (nSPS) is 14.1. The van der Waals surface area contributed by atoms with E-state index in [0.717, 1.165) is 16.7 Å². The second-order valence-electron chi connectivity index (χ2n) is 7.99. The van der Waals surface area contributed by atoms with Gasteiger partial charge in [-0.25, -0.2) is 4.79 Å². The molecule has 39 heavy (non-hydrogen) atoms. The van der Waals surface area contributed by atoms with Gasteiger partial charge in [0.05, 0.1) is 35.8 Å². The topological polar surface area (TPSA) is 91.4 Å². The van der Waals surface area contributed by atoms with Crippen LogP contribution in [0.25, 0.3) is 6.08 Å². The van der Waals surface area contributed by atoms with Gasteiger partial charge in [0.1, 0.15) is 6.61 Å². The van der Waals surface area contributed by atoms with Gasteiger partial charge in [-0.3, -0.25) is 14.5 Å². The molecule has 1 heterocycles. The highest BCUT2D eigenvalue weighted by atomic mass is 35.5. The molecule has 4 rings (SSSR count). The van der Waals surface area contributed by atoms with Crippen LogP contribution in [0, 0.1) is 0 Å². The van der Waals surface area contributed by atoms with Crippen molar-refractivity contribution in [2.75, 3.05) is 26.9 Å². The van der Waals surface area contributed by atoms with Crippen molar-refractivity contribution in [3.8, 4) is 23.0 Å². The molecule has 0 radical (unpaired) electrons. The molecule has 3 aromatic rings. The van der Waals surface area contributed by atoms with Crippen molar-refractivity contribution >= 4 is 58.2 Å². The lowest BCUT2D eigenvalue weighted by Gasteiger charge is -2.15. The van der Waals surface area contributed by atoms with E-state index < -0.39 is 17.1 Å². The molecule has 8 nitrogen and oxygen atoms in total. The maximum absolute atomic E-state index is 13.0. The monoisotopic (exact) mass is 587 g/mol. The summed E-state index contributed by atoms with van der Waals surface area (Å²) in [6, 6.07) is 16.4. The molecule has 1 saturated heterocycles. The minimum atomic E-state index is -0.640. The summed E-state index contributed by atoms with van der Waals surface area (Å²) in [5, 5.41) is 0.163. The standard InChI is InChI=1S/C28H23Cl2NO7S/c1-3-36-23-15-17(14-20(30)25(23)38-27(33)18-8-10-19(29)11-9-18)16-24-26(32)31(28(34)39-24)12-13-37-22-7-5-4-6-21(22)35-2/h4-11,14-16H,3,12-13H2,1-2H3/b24-16-. The number of ether oxygens (including phenoxy) is 4. The molecule has 0 aromatic heterocycles. The summed E-state index contributed by atoms with van der Waals surface area (Å²) < 4.78 is 22.1. The molecule has 202 valence electrons. The Kier molecular flexibility index (Phi) is 9.40. The number of methoxy groups -OCH3 is 1. The number of rotatable bonds is 10. The molecule has 1 aliphatic rings. The first-order chi connectivity index (χ1) is 18.8. The van der Waals surface area contributed by atoms with Gasteiger partial charge < -0.3 is 18.9 Å². The lowest BCUT2D eigenvalue weighted by atomic mass is 10.1. The minimum absolute atomic E-state index is 0.0391. The van der Waals surface area contributed by atoms with Crippen LogP contribution in [0.3, 0.4) is 0 Å². The molecule has 0 bridgehead atoms. The average molecular weight is 588 g/mol. The average Bonchev–Trinajstić information content (AvgIpc) is 3.18. The third-order valence-electron chi connectivity index (χ3n) is 5.42. The van der Waals surface area contributed by atoms with E-state index in [0.29, 0.717) is 22.1 Å². The van der Waals surface area contributed by atoms with E-state index in [1.807, 2.05) is 6.07 Å². The van der Waals surface area contributed by atoms with Gasteiger partial charge in [-0.2, -0.15) is 0 Å². The zero-order valence-corrected chi connectivity index (χ0v) is 23.3. The van der Waals surface area contributed by atoms with E-state index >= 15 is 0 Å². The fraction of sp³-hybridized carbons (Fsp3) is 0.179. The number of imide groups is 1. The summed E-state index contributed by atoms with van der Waals surface area (Å²) in [5.74, 6) is 0.216. The Morgan fingerprint density at radius 1 is 0.974 bits per heavy atom. The van der Waals surface area contributed by atoms with Crippen molar-refractivity contribution in [2.45, 2.75) is 6.92 Å². The number of thioether (sulfide) groups is 1. The quantitative estimate of drug-likeness (QED) is 0.146. The Morgan fingerprint density at radius 2 is 1.69 bits per heavy atom. The molecule has 3 aromatic carbocycles. The second-order valence-corrected chi connectivity index (χ2v) is 9.83. The van der Waals surface area contributed by atoms with Gasteiger partial charge in [0.2, 0.25) is 0 Å². The number of esters is 1. The maximum Gasteiger partial charge on any atom is 0.343 e. The van der Waals surface area contributed by atoms with Crippen LogP contribution in [-0.4, -0.2) is 48.9 Å². The van der Waals surface area contributed by atoms with E-state index in [-0.39, 0.29) is 46.7 Å². The van der Waals surface area contributed by atoms with Gasteiger partial charge in [0, 0.05) is 5.02 Å². The summed E-state index contributed by atoms with van der Waals surface area (Å²) in [6.07, 6.45) is 1.53. The summed E-state index contributed by atoms with van der Waals surface area (Å²) in [6.45, 7) is 2.20. The van der Waals surface area contributed by atoms with E-state index in [1.54, 1.807) is 43.3 Å². The molecule has 0 atom stereocenters. The Bertz CT molecular complexity index is 1430. The molecule has 1 aliphatic heterocycles. The van der Waals surface area contributed by atoms with E-state index in [4.69, 9.17) is 42.1 Å². The number of amides is 2. The largest absolute Gasteiger partial charge is 0.493 e. The molecule has 2 amide bonds. The summed E-state index contributed by atoms with van der Waals surface area (Å²) in [7, 11) is 1.53. The predicted molar refractivity (Wildman–Crippen MR) is 150 cm³/mol. The van der Waals surface area contributed by atoms with Crippen LogP contribution in [0.5, 0.6) is 23.0 Å². The Hall–Kier alpha value is -3.66. The van der Waals surface area contributed by atoms with E-state index in [2.05, 4.69) is 0 Å². The minimum Gasteiger partial charge on any atom is -0.493 e. The zero-order chi connectivity index (χ0) is 27.9. The molecule has 0 unspecified atom stereocenters. The number of halogens is 2. The summed E-state index contributed by atoms with van der Waals surface area (Å²) in [4.78, 5) is 39.5. The zero-order valence-electron chi connectivity index (χ0n) is 20.9. The highest BCUT2D eigenvalue weighted by Crippen LogP contribution is 2.39. The van der Waals surface area contributed by atoms with Gasteiger partial charge in [0.15, 0.2) is 23.0 Å². The van der Waals surface area contributed by atoms with Crippen LogP contribution in [0.4, 0.5) is 4.79 Å². The third-order valence-corrected chi connectivity index (χ3v) is 6.86. The molecule has 0 aliphatic carbocycles. The first-order valence-corrected chi connectivity index (χ1v) is 13.3. The number of benzene rings is 3. The van der Waals surface area contributed by atoms with Gasteiger partial charge in [-0.05, 0) is 78.9 Å². The first-order valence-electron chi connectivity index (χ1n) is 11.8. The van der Waals surface area contributed by atoms with Crippen molar-refractivity contribution in [3.05, 3.63) is 86.7 Å². The second kappa shape index (κ2) is 12.9. The van der Waals surface area contributed by atoms with Crippen LogP contribution in [0.1, 0.15) is 22.8 Å². The molecule has 11 heteroatoms. The lowest BCUT2D eigenvalue weighted by Crippen LogP contribution is -2.32. The molecule has 0 spiro atoms. The number of hydrogen-bond acceptors (Lipinski definition) is 8. The first kappa shape index (κ1) is 28.4. The highest BCUT2D eigenvalue weighted by molar-refractivity contribution is 8.18. The third kappa shape index (κ3) is 6.86. The van der Waals surface area contributed by atoms with Crippen LogP contribution >= 0.6 is 35.0 Å². The number of para-hydroxylation sites is 2. The highest BCUT2D eigenvalue weighted by Gasteiger charge is 2.35. The predicted octanol–water partition coefficient (Wildman–Crippen LogP) is 6.74. The molecule has 0 N–H and O–H groups in total. The fourth-order valence-electron chi connectivity index (χ4n) is 3.60. The number of hydrogen-bond donors (Lipinski definition) is 0. The van der Waals surface area contributed by atoms with Gasteiger partial charge in [-0.15, -0.1) is 0 Å². The summed E-state index contributed by atoms with van der Waals surface area (Å²) in [5.41, 5.74) is 0.774. The van der Waals surface area contributed by atoms with Crippen LogP contribution in [0.2, 0.25) is 10.0 Å². The molecular weight excluding hydrogens is 565 g/mol. The van der Waals surface area contributed by atoms with Crippen molar-refractivity contribution in [3.63, 3.8) is 0 Å². The van der Waals surface area contributed by atoms with Crippen molar-refractivity contribution in [2.24, 2.45) is 0 Å². The Labute approximate surface area is 239 Å². The molecule has 1 fully saturated rings. The molecular formula is C28H23Cl2NO7S. The lowest BCUT2D eigenvalue weighted by molar-refractivity contribution is -0.123. The number of carbonyl (C=O) groups is 3. The Balaban J connectivity index is 1.49. The van der Waals surface area contributed by atoms with E-state index in [1.165, 1.54) is 31.4 Å². The Morgan fingerprint density at radius 3 is 2.38 bits per heavy atom. The van der Waals surface area contributed by atoms with Crippen LogP contribution in [0.15, 0.2) is 65.6 Å². The van der Waals surface area contributed by atoms with Crippen molar-refractivity contribution in [1.82, 2.24) is 4.90 Å². The fourth-order valence-corrected chi connectivity index (χ4v) is 4.85.